The summed E-state index contributed by atoms with van der Waals surface area (Å²) in [6, 6.07) is 5.24. The maximum Gasteiger partial charge on any atom is 0.259 e. The molecule has 0 radical (unpaired) electrons. The van der Waals surface area contributed by atoms with E-state index in [0.29, 0.717) is 16.9 Å². The Balaban J connectivity index is 2.24. The number of rotatable bonds is 1. The molecule has 118 valence electrons. The molecule has 3 N–H and O–H groups in total. The Morgan fingerprint density at radius 1 is 1.00 bits per heavy atom. The van der Waals surface area contributed by atoms with Crippen molar-refractivity contribution in [3.63, 3.8) is 0 Å². The van der Waals surface area contributed by atoms with Gasteiger partial charge in [-0.05, 0) is 30.7 Å². The number of carbonyl (C=O) groups excluding carboxylic acids is 1. The summed E-state index contributed by atoms with van der Waals surface area (Å²) in [7, 11) is 0. The molecule has 0 unspecified atom stereocenters. The van der Waals surface area contributed by atoms with Crippen LogP contribution in [0.15, 0.2) is 23.2 Å². The van der Waals surface area contributed by atoms with Crippen LogP contribution in [0.5, 0.6) is 0 Å². The van der Waals surface area contributed by atoms with Crippen LogP contribution in [-0.2, 0) is 0 Å². The van der Waals surface area contributed by atoms with E-state index in [4.69, 9.17) is 52.1 Å². The van der Waals surface area contributed by atoms with E-state index >= 15 is 0 Å². The Morgan fingerprint density at radius 3 is 2.22 bits per heavy atom. The zero-order valence-electron chi connectivity index (χ0n) is 11.7. The number of carbonyl (C=O) groups is 1. The fourth-order valence-electron chi connectivity index (χ4n) is 2.31. The second-order valence-corrected chi connectivity index (χ2v) is 6.48. The smallest absolute Gasteiger partial charge is 0.259 e. The number of nitrogens with one attached hydrogen (secondary N) is 1. The number of fused-ring (bicyclic) bond motifs is 1. The highest BCUT2D eigenvalue weighted by atomic mass is 35.5. The molecule has 0 aromatic heterocycles. The zero-order valence-corrected chi connectivity index (χ0v) is 14.7. The summed E-state index contributed by atoms with van der Waals surface area (Å²) >= 11 is 24.4. The quantitative estimate of drug-likeness (QED) is 0.409. The lowest BCUT2D eigenvalue weighted by atomic mass is 10.1. The Morgan fingerprint density at radius 2 is 1.61 bits per heavy atom. The van der Waals surface area contributed by atoms with Crippen LogP contribution in [0.2, 0.25) is 20.1 Å². The van der Waals surface area contributed by atoms with Gasteiger partial charge >= 0.3 is 0 Å². The highest BCUT2D eigenvalue weighted by molar-refractivity contribution is 6.55. The average Bonchev–Trinajstić information content (AvgIpc) is 2.82. The van der Waals surface area contributed by atoms with E-state index in [0.717, 1.165) is 5.56 Å². The van der Waals surface area contributed by atoms with E-state index in [9.17, 15) is 4.79 Å². The van der Waals surface area contributed by atoms with Crippen molar-refractivity contribution in [2.24, 2.45) is 4.99 Å². The first-order chi connectivity index (χ1) is 10.8. The fourth-order valence-corrected chi connectivity index (χ4v) is 3.34. The van der Waals surface area contributed by atoms with Crippen LogP contribution in [0.1, 0.15) is 21.5 Å². The molecular weight excluding hydrogens is 380 g/mol. The largest absolute Gasteiger partial charge is 0.399 e. The van der Waals surface area contributed by atoms with Crippen LogP contribution in [0.25, 0.3) is 0 Å². The first-order valence-electron chi connectivity index (χ1n) is 6.43. The van der Waals surface area contributed by atoms with Crippen molar-refractivity contribution < 1.29 is 4.79 Å². The fraction of sp³-hybridized carbons (Fsp3) is 0.0667. The number of benzene rings is 2. The molecule has 0 fully saturated rings. The topological polar surface area (TPSA) is 67.5 Å². The summed E-state index contributed by atoms with van der Waals surface area (Å²) in [5.74, 6) is -0.166. The summed E-state index contributed by atoms with van der Waals surface area (Å²) < 4.78 is 0. The molecule has 0 spiro atoms. The van der Waals surface area contributed by atoms with Crippen molar-refractivity contribution in [1.82, 2.24) is 5.32 Å². The molecule has 0 aliphatic carbocycles. The van der Waals surface area contributed by atoms with E-state index in [2.05, 4.69) is 10.3 Å². The van der Waals surface area contributed by atoms with Gasteiger partial charge in [0.25, 0.3) is 5.91 Å². The van der Waals surface area contributed by atoms with Crippen LogP contribution in [0, 0.1) is 6.92 Å². The number of amidine groups is 1. The first kappa shape index (κ1) is 16.4. The molecule has 1 aliphatic heterocycles. The first-order valence-corrected chi connectivity index (χ1v) is 7.95. The normalized spacial score (nSPS) is 15.0. The molecule has 4 nitrogen and oxygen atoms in total. The van der Waals surface area contributed by atoms with Gasteiger partial charge in [0.1, 0.15) is 5.84 Å². The number of aliphatic imine (C=N–C) groups is 1. The zero-order chi connectivity index (χ0) is 16.9. The van der Waals surface area contributed by atoms with Gasteiger partial charge in [-0.3, -0.25) is 4.79 Å². The van der Waals surface area contributed by atoms with Gasteiger partial charge in [-0.25, -0.2) is 4.99 Å². The van der Waals surface area contributed by atoms with Gasteiger partial charge in [0.05, 0.1) is 36.9 Å². The third-order valence-corrected chi connectivity index (χ3v) is 5.22. The van der Waals surface area contributed by atoms with E-state index in [1.165, 1.54) is 0 Å². The van der Waals surface area contributed by atoms with E-state index in [1.54, 1.807) is 18.2 Å². The molecule has 2 aromatic rings. The molecule has 1 aliphatic rings. The second-order valence-electron chi connectivity index (χ2n) is 4.97. The molecule has 2 aromatic carbocycles. The summed E-state index contributed by atoms with van der Waals surface area (Å²) in [5.41, 5.74) is 8.34. The molecular formula is C15H9Cl4N3O. The Kier molecular flexibility index (Phi) is 4.19. The molecule has 0 saturated heterocycles. The number of halogens is 4. The lowest BCUT2D eigenvalue weighted by molar-refractivity contribution is 0.0983. The molecule has 8 heteroatoms. The van der Waals surface area contributed by atoms with Crippen LogP contribution in [0.4, 0.5) is 11.4 Å². The number of nitrogens with zero attached hydrogens (tertiary/aromatic N) is 1. The molecule has 0 atom stereocenters. The molecule has 3 rings (SSSR count). The number of amides is 1. The Labute approximate surface area is 152 Å². The van der Waals surface area contributed by atoms with Gasteiger partial charge in [-0.2, -0.15) is 0 Å². The summed E-state index contributed by atoms with van der Waals surface area (Å²) in [4.78, 5) is 16.6. The van der Waals surface area contributed by atoms with Crippen molar-refractivity contribution in [1.29, 1.82) is 0 Å². The molecule has 0 bridgehead atoms. The van der Waals surface area contributed by atoms with E-state index in [-0.39, 0.29) is 31.5 Å². The van der Waals surface area contributed by atoms with Crippen molar-refractivity contribution in [2.75, 3.05) is 5.73 Å². The predicted octanol–water partition coefficient (Wildman–Crippen LogP) is 5.01. The molecule has 1 amide bonds. The predicted molar refractivity (Wildman–Crippen MR) is 95.7 cm³/mol. The number of hydrogen-bond donors (Lipinski definition) is 2. The molecule has 0 saturated carbocycles. The summed E-state index contributed by atoms with van der Waals surface area (Å²) in [6.07, 6.45) is 0. The molecule has 23 heavy (non-hydrogen) atoms. The summed E-state index contributed by atoms with van der Waals surface area (Å²) in [6.45, 7) is 1.86. The number of aryl methyl sites for hydroxylation is 1. The number of nitrogen functional groups attached to an aromatic ring is 1. The van der Waals surface area contributed by atoms with Gasteiger partial charge in [0.15, 0.2) is 0 Å². The average molecular weight is 389 g/mol. The van der Waals surface area contributed by atoms with Crippen LogP contribution < -0.4 is 11.1 Å². The van der Waals surface area contributed by atoms with Gasteiger partial charge in [0, 0.05) is 5.69 Å². The lowest BCUT2D eigenvalue weighted by Gasteiger charge is -2.08. The van der Waals surface area contributed by atoms with Crippen molar-refractivity contribution in [3.05, 3.63) is 55.0 Å². The lowest BCUT2D eigenvalue weighted by Crippen LogP contribution is -2.21. The van der Waals surface area contributed by atoms with Crippen molar-refractivity contribution in [2.45, 2.75) is 6.92 Å². The maximum atomic E-state index is 12.2. The van der Waals surface area contributed by atoms with Crippen LogP contribution in [-0.4, -0.2) is 11.7 Å². The summed E-state index contributed by atoms with van der Waals surface area (Å²) in [5, 5.41) is 2.93. The van der Waals surface area contributed by atoms with Crippen molar-refractivity contribution in [3.8, 4) is 0 Å². The highest BCUT2D eigenvalue weighted by Gasteiger charge is 2.34. The minimum absolute atomic E-state index is 0.0390. The van der Waals surface area contributed by atoms with Crippen molar-refractivity contribution >= 4 is 69.5 Å². The standard InChI is InChI=1S/C15H9Cl4N3O/c1-5-4-6(20)2-3-7(5)21-14-8-9(15(23)22-14)11(17)13(19)12(18)10(8)16/h2-4H,20H2,1H3,(H,21,22,23). The Hall–Kier alpha value is -1.46. The van der Waals surface area contributed by atoms with E-state index < -0.39 is 5.91 Å². The SMILES string of the molecule is Cc1cc(N)ccc1N=C1NC(=O)c2c(Cl)c(Cl)c(Cl)c(Cl)c21. The Bertz CT molecular complexity index is 893. The van der Waals surface area contributed by atoms with Crippen LogP contribution >= 0.6 is 46.4 Å². The monoisotopic (exact) mass is 387 g/mol. The maximum absolute atomic E-state index is 12.2. The number of anilines is 1. The van der Waals surface area contributed by atoms with Gasteiger partial charge in [-0.1, -0.05) is 46.4 Å². The number of nitrogens with two attached hydrogens (primary N) is 1. The molecule has 1 heterocycles. The van der Waals surface area contributed by atoms with Gasteiger partial charge in [0.2, 0.25) is 0 Å². The third kappa shape index (κ3) is 2.66. The van der Waals surface area contributed by atoms with Crippen LogP contribution in [0.3, 0.4) is 0 Å². The third-order valence-electron chi connectivity index (χ3n) is 3.42. The second kappa shape index (κ2) is 5.87. The minimum atomic E-state index is -0.433. The number of hydrogen-bond acceptors (Lipinski definition) is 3. The van der Waals surface area contributed by atoms with Gasteiger partial charge < -0.3 is 11.1 Å². The van der Waals surface area contributed by atoms with Gasteiger partial charge in [-0.15, -0.1) is 0 Å². The van der Waals surface area contributed by atoms with E-state index in [1.807, 2.05) is 6.92 Å². The highest BCUT2D eigenvalue weighted by Crippen LogP contribution is 2.43. The minimum Gasteiger partial charge on any atom is -0.399 e.